The van der Waals surface area contributed by atoms with Gasteiger partial charge in [-0.1, -0.05) is 36.4 Å². The summed E-state index contributed by atoms with van der Waals surface area (Å²) in [5, 5.41) is 91.8. The second-order valence-electron chi connectivity index (χ2n) is 27.2. The highest BCUT2D eigenvalue weighted by Gasteiger charge is 2.49. The van der Waals surface area contributed by atoms with Crippen LogP contribution in [0, 0.1) is 0 Å². The Bertz CT molecular complexity index is 4650. The lowest BCUT2D eigenvalue weighted by molar-refractivity contribution is -0.238. The summed E-state index contributed by atoms with van der Waals surface area (Å²) in [5.41, 5.74) is 2.35. The number of anilines is 2. The Labute approximate surface area is 651 Å². The van der Waals surface area contributed by atoms with Crippen molar-refractivity contribution in [3.63, 3.8) is 0 Å². The fourth-order valence-corrected chi connectivity index (χ4v) is 13.9. The third-order valence-corrected chi connectivity index (χ3v) is 20.0. The standard InChI is InChI=1S/C79H86N6O29/c1-80-68(90)50-26-40(10-20-58(50)111-76-66(88)56(86)34-64(113-76)74(96)97)38-109-78(100)84-52-32-62(60(105-5)30-48(52)70(92)82-36-44(28-54(82)72(84)94)42-12-16-46(103-3)17-13-42)107-23-8-7-9-24-108-63-33-53-49(31-61(63)106-6)71(93)83-37-45(43-14-18-47(104-4)19-15-43)29-55(83)73(95)85(53)79(101)110-39-41-11-21-59(51(27-41)69(91)81-22-25-102-2)112-77-67(89)57(87)35-65(114-77)75(98)99/h10-21,26-27,30-33,36-37,54-57,64-67,72-73,76-77,86-89,94-95H,7-9,22-25,28-29,34-35,38-39H2,1-6H3,(H,80,90)(H,81,91)(H,96,97)(H,98,99)/t54-,55?,56-,57-,64-,65-,66+,67+,72?,73?,76+,77+/m0/s1. The predicted octanol–water partition coefficient (Wildman–Crippen LogP) is 5.15. The van der Waals surface area contributed by atoms with Crippen molar-refractivity contribution in [1.29, 1.82) is 0 Å². The molecule has 0 aliphatic carbocycles. The lowest BCUT2D eigenvalue weighted by Crippen LogP contribution is -2.52. The Morgan fingerprint density at radius 1 is 0.491 bits per heavy atom. The van der Waals surface area contributed by atoms with Gasteiger partial charge < -0.3 is 123 Å². The van der Waals surface area contributed by atoms with E-state index in [0.717, 1.165) is 9.80 Å². The summed E-state index contributed by atoms with van der Waals surface area (Å²) < 4.78 is 74.4. The topological polar surface area (TPSA) is 455 Å². The van der Waals surface area contributed by atoms with Gasteiger partial charge in [-0.15, -0.1) is 0 Å². The van der Waals surface area contributed by atoms with E-state index < -0.39 is 148 Å². The van der Waals surface area contributed by atoms with Crippen LogP contribution in [0.15, 0.2) is 122 Å². The molecule has 6 aromatic carbocycles. The van der Waals surface area contributed by atoms with Crippen molar-refractivity contribution in [2.24, 2.45) is 0 Å². The monoisotopic (exact) mass is 1580 g/mol. The quantitative estimate of drug-likeness (QED) is 0.0271. The van der Waals surface area contributed by atoms with Gasteiger partial charge in [-0.2, -0.15) is 0 Å². The van der Waals surface area contributed by atoms with Gasteiger partial charge in [-0.3, -0.25) is 19.2 Å². The summed E-state index contributed by atoms with van der Waals surface area (Å²) >= 11 is 0. The number of nitrogens with one attached hydrogen (secondary N) is 2. The fraction of sp³-hybridized carbons (Fsp3) is 0.392. The van der Waals surface area contributed by atoms with Gasteiger partial charge >= 0.3 is 24.1 Å². The zero-order valence-corrected chi connectivity index (χ0v) is 62.6. The maximum atomic E-state index is 14.9. The molecule has 35 heteroatoms. The SMILES string of the molecule is CNC(=O)c1cc(COC(=O)N2c3cc(OCCCCCOc4cc5c(cc4OC)C(=O)N4C=C(c6ccc(OC)cc6)CC4C(O)N5C(=O)OCc4ccc(O[C@@H]5O[C@H](C(=O)O)C[C@H](O)[C@H]5O)c(C(=O)NCCOC)c4)c(OC)cc3C(=O)N3C=C(c4ccc(OC)cc4)C[C@H]3C2O)ccc1O[C@@H]1O[C@H](C(=O)O)C[C@H](O)[C@H]1O. The molecule has 6 aromatic rings. The van der Waals surface area contributed by atoms with Crippen LogP contribution in [0.2, 0.25) is 0 Å². The van der Waals surface area contributed by atoms with E-state index in [4.69, 9.17) is 61.6 Å². The molecule has 12 rings (SSSR count). The van der Waals surface area contributed by atoms with E-state index in [1.807, 2.05) is 0 Å². The molecule has 0 spiro atoms. The van der Waals surface area contributed by atoms with Crippen molar-refractivity contribution >= 4 is 70.3 Å². The van der Waals surface area contributed by atoms with Crippen LogP contribution in [-0.4, -0.2) is 241 Å². The van der Waals surface area contributed by atoms with Gasteiger partial charge in [-0.05, 0) is 126 Å². The number of carbonyl (C=O) groups is 8. The minimum Gasteiger partial charge on any atom is -0.497 e. The summed E-state index contributed by atoms with van der Waals surface area (Å²) in [6.45, 7) is -0.924. The van der Waals surface area contributed by atoms with Crippen molar-refractivity contribution < 1.29 is 141 Å². The first kappa shape index (κ1) is 81.7. The van der Waals surface area contributed by atoms with E-state index in [0.29, 0.717) is 53.0 Å². The summed E-state index contributed by atoms with van der Waals surface area (Å²) in [5.74, 6) is -4.46. The Kier molecular flexibility index (Phi) is 25.7. The van der Waals surface area contributed by atoms with Crippen LogP contribution < -0.4 is 58.3 Å². The Morgan fingerprint density at radius 3 is 1.30 bits per heavy atom. The third-order valence-electron chi connectivity index (χ3n) is 20.0. The molecule has 0 bridgehead atoms. The van der Waals surface area contributed by atoms with Crippen LogP contribution in [-0.2, 0) is 46.5 Å². The van der Waals surface area contributed by atoms with Crippen LogP contribution in [0.25, 0.3) is 11.1 Å². The number of carboxylic acid groups (broad SMARTS) is 2. The number of nitrogens with zero attached hydrogens (tertiary/aromatic N) is 4. The van der Waals surface area contributed by atoms with Crippen LogP contribution in [0.1, 0.15) is 109 Å². The molecule has 3 unspecified atom stereocenters. The third kappa shape index (κ3) is 17.5. The van der Waals surface area contributed by atoms with E-state index in [2.05, 4.69) is 10.6 Å². The number of methoxy groups -OCH3 is 5. The van der Waals surface area contributed by atoms with Crippen LogP contribution in [0.4, 0.5) is 21.0 Å². The molecule has 2 saturated heterocycles. The molecule has 10 N–H and O–H groups in total. The van der Waals surface area contributed by atoms with Crippen molar-refractivity contribution in [2.45, 2.75) is 132 Å². The van der Waals surface area contributed by atoms with E-state index in [-0.39, 0.29) is 118 Å². The van der Waals surface area contributed by atoms with Crippen molar-refractivity contribution in [2.75, 3.05) is 78.8 Å². The molecule has 12 atom stereocenters. The number of aliphatic carboxylic acids is 2. The lowest BCUT2D eigenvalue weighted by atomic mass is 10.0. The Balaban J connectivity index is 0.765. The second-order valence-corrected chi connectivity index (χ2v) is 27.2. The Hall–Kier alpha value is -11.8. The molecule has 6 aliphatic rings. The number of benzene rings is 6. The molecule has 35 nitrogen and oxygen atoms in total. The Morgan fingerprint density at radius 2 is 0.912 bits per heavy atom. The molecule has 6 heterocycles. The zero-order chi connectivity index (χ0) is 81.3. The van der Waals surface area contributed by atoms with E-state index in [1.165, 1.54) is 113 Å². The summed E-state index contributed by atoms with van der Waals surface area (Å²) in [6.07, 6.45) is -15.3. The van der Waals surface area contributed by atoms with Crippen LogP contribution in [0.3, 0.4) is 0 Å². The van der Waals surface area contributed by atoms with Gasteiger partial charge in [0.1, 0.15) is 48.4 Å². The highest BCUT2D eigenvalue weighted by atomic mass is 16.7. The number of aliphatic hydroxyl groups is 6. The molecular weight excluding hydrogens is 1500 g/mol. The normalized spacial score (nSPS) is 22.9. The summed E-state index contributed by atoms with van der Waals surface area (Å²) in [7, 11) is 8.50. The van der Waals surface area contributed by atoms with Crippen LogP contribution >= 0.6 is 0 Å². The first-order valence-corrected chi connectivity index (χ1v) is 36.3. The number of aliphatic hydroxyl groups excluding tert-OH is 6. The summed E-state index contributed by atoms with van der Waals surface area (Å²) in [6, 6.07) is 25.5. The molecule has 6 amide bonds. The second kappa shape index (κ2) is 35.9. The van der Waals surface area contributed by atoms with Crippen LogP contribution in [0.5, 0.6) is 46.0 Å². The minimum atomic E-state index is -1.78. The number of hydrogen-bond acceptors (Lipinski definition) is 27. The average Bonchev–Trinajstić information content (AvgIpc) is 1.59. The molecule has 0 aromatic heterocycles. The van der Waals surface area contributed by atoms with Gasteiger partial charge in [0.25, 0.3) is 23.6 Å². The molecule has 0 radical (unpaired) electrons. The van der Waals surface area contributed by atoms with Crippen molar-refractivity contribution in [3.8, 4) is 46.0 Å². The highest BCUT2D eigenvalue weighted by Crippen LogP contribution is 2.47. The number of ether oxygens (including phenoxy) is 13. The van der Waals surface area contributed by atoms with E-state index >= 15 is 0 Å². The van der Waals surface area contributed by atoms with Gasteiger partial charge in [0.05, 0.1) is 106 Å². The molecule has 6 aliphatic heterocycles. The van der Waals surface area contributed by atoms with E-state index in [1.54, 1.807) is 60.9 Å². The molecule has 114 heavy (non-hydrogen) atoms. The number of rotatable bonds is 29. The number of amides is 6. The van der Waals surface area contributed by atoms with Crippen molar-refractivity contribution in [3.05, 3.63) is 166 Å². The van der Waals surface area contributed by atoms with Gasteiger partial charge in [0.2, 0.25) is 12.6 Å². The number of fused-ring (bicyclic) bond motifs is 4. The smallest absolute Gasteiger partial charge is 0.416 e. The number of carbonyl (C=O) groups excluding carboxylic acids is 6. The minimum absolute atomic E-state index is 0.0164. The molecule has 2 fully saturated rings. The van der Waals surface area contributed by atoms with E-state index in [9.17, 15) is 79.2 Å². The summed E-state index contributed by atoms with van der Waals surface area (Å²) in [4.78, 5) is 115. The predicted molar refractivity (Wildman–Crippen MR) is 397 cm³/mol. The number of carboxylic acids is 2. The lowest BCUT2D eigenvalue weighted by Gasteiger charge is -2.35. The average molecular weight is 1580 g/mol. The van der Waals surface area contributed by atoms with Gasteiger partial charge in [0.15, 0.2) is 47.7 Å². The first-order chi connectivity index (χ1) is 54.8. The zero-order valence-electron chi connectivity index (χ0n) is 62.6. The van der Waals surface area contributed by atoms with Gasteiger partial charge in [-0.25, -0.2) is 29.0 Å². The van der Waals surface area contributed by atoms with Gasteiger partial charge in [0, 0.05) is 58.1 Å². The maximum absolute atomic E-state index is 14.9. The maximum Gasteiger partial charge on any atom is 0.416 e. The number of unbranched alkanes of at least 4 members (excludes halogenated alkanes) is 2. The first-order valence-electron chi connectivity index (χ1n) is 36.3. The molecule has 606 valence electrons. The highest BCUT2D eigenvalue weighted by molar-refractivity contribution is 6.09. The largest absolute Gasteiger partial charge is 0.497 e. The molecular formula is C79H86N6O29. The fourth-order valence-electron chi connectivity index (χ4n) is 13.9. The van der Waals surface area contributed by atoms with Crippen molar-refractivity contribution in [1.82, 2.24) is 20.4 Å². The molecule has 0 saturated carbocycles. The number of hydrogen-bond donors (Lipinski definition) is 10.